The van der Waals surface area contributed by atoms with Gasteiger partial charge in [-0.25, -0.2) is 4.79 Å². The third-order valence-corrected chi connectivity index (χ3v) is 0.909. The van der Waals surface area contributed by atoms with Crippen molar-refractivity contribution in [3.8, 4) is 6.07 Å². The van der Waals surface area contributed by atoms with E-state index in [0.717, 1.165) is 0 Å². The van der Waals surface area contributed by atoms with Crippen molar-refractivity contribution >= 4 is 5.94 Å². The predicted molar refractivity (Wildman–Crippen MR) is 32.5 cm³/mol. The molecule has 0 saturated carbocycles. The summed E-state index contributed by atoms with van der Waals surface area (Å²) in [4.78, 5) is 9.81. The van der Waals surface area contributed by atoms with Crippen molar-refractivity contribution in [2.45, 2.75) is 12.5 Å². The lowest BCUT2D eigenvalue weighted by Gasteiger charge is -2.00. The molecule has 0 aliphatic rings. The lowest BCUT2D eigenvalue weighted by molar-refractivity contribution is 0.0964. The molecule has 1 atom stereocenters. The Kier molecular flexibility index (Phi) is 4.17. The first-order valence-corrected chi connectivity index (χ1v) is 2.67. The minimum absolute atomic E-state index is 0.128. The second-order valence-corrected chi connectivity index (χ2v) is 1.73. The van der Waals surface area contributed by atoms with Gasteiger partial charge in [-0.15, -0.1) is 0 Å². The SMILES string of the molecule is N#CC(=C=O)CC(O)CO. The smallest absolute Gasteiger partial charge is 0.139 e. The molecule has 0 aliphatic heterocycles. The van der Waals surface area contributed by atoms with E-state index in [1.54, 1.807) is 0 Å². The van der Waals surface area contributed by atoms with Gasteiger partial charge >= 0.3 is 0 Å². The fourth-order valence-corrected chi connectivity index (χ4v) is 0.410. The molecular weight excluding hydrogens is 134 g/mol. The summed E-state index contributed by atoms with van der Waals surface area (Å²) in [6.07, 6.45) is -1.16. The topological polar surface area (TPSA) is 81.3 Å². The zero-order valence-corrected chi connectivity index (χ0v) is 5.24. The second-order valence-electron chi connectivity index (χ2n) is 1.73. The van der Waals surface area contributed by atoms with E-state index in [4.69, 9.17) is 15.5 Å². The maximum atomic E-state index is 9.81. The van der Waals surface area contributed by atoms with Gasteiger partial charge in [0.15, 0.2) is 0 Å². The molecule has 1 unspecified atom stereocenters. The van der Waals surface area contributed by atoms with E-state index in [2.05, 4.69) is 0 Å². The molecular formula is C6H7NO3. The average molecular weight is 141 g/mol. The molecule has 0 aromatic heterocycles. The zero-order valence-electron chi connectivity index (χ0n) is 5.24. The van der Waals surface area contributed by atoms with E-state index in [1.165, 1.54) is 12.0 Å². The van der Waals surface area contributed by atoms with Crippen molar-refractivity contribution in [3.63, 3.8) is 0 Å². The van der Waals surface area contributed by atoms with Crippen LogP contribution in [-0.4, -0.2) is 28.9 Å². The lowest BCUT2D eigenvalue weighted by Crippen LogP contribution is -2.12. The highest BCUT2D eigenvalue weighted by molar-refractivity contribution is 5.58. The second kappa shape index (κ2) is 4.71. The van der Waals surface area contributed by atoms with Gasteiger partial charge in [0.25, 0.3) is 0 Å². The predicted octanol–water partition coefficient (Wildman–Crippen LogP) is -0.989. The minimum atomic E-state index is -1.03. The van der Waals surface area contributed by atoms with Gasteiger partial charge in [0.1, 0.15) is 17.6 Å². The Balaban J connectivity index is 3.91. The van der Waals surface area contributed by atoms with Gasteiger partial charge in [-0.05, 0) is 0 Å². The summed E-state index contributed by atoms with van der Waals surface area (Å²) < 4.78 is 0. The molecule has 0 rings (SSSR count). The monoisotopic (exact) mass is 141 g/mol. The summed E-state index contributed by atoms with van der Waals surface area (Å²) in [6, 6.07) is 1.54. The van der Waals surface area contributed by atoms with E-state index in [-0.39, 0.29) is 12.0 Å². The van der Waals surface area contributed by atoms with Gasteiger partial charge in [-0.2, -0.15) is 5.26 Å². The third kappa shape index (κ3) is 3.00. The van der Waals surface area contributed by atoms with E-state index in [9.17, 15) is 4.79 Å². The standard InChI is InChI=1S/C6H7NO3/c7-2-5(3-8)1-6(10)4-9/h6,9-10H,1,4H2. The fourth-order valence-electron chi connectivity index (χ4n) is 0.410. The molecule has 54 valence electrons. The first-order chi connectivity index (χ1) is 4.74. The molecule has 0 spiro atoms. The molecule has 0 aliphatic carbocycles. The number of nitrogens with zero attached hydrogens (tertiary/aromatic N) is 1. The van der Waals surface area contributed by atoms with E-state index in [1.807, 2.05) is 0 Å². The van der Waals surface area contributed by atoms with Gasteiger partial charge in [-0.1, -0.05) is 0 Å². The van der Waals surface area contributed by atoms with Crippen LogP contribution in [-0.2, 0) is 4.79 Å². The Morgan fingerprint density at radius 2 is 2.30 bits per heavy atom. The van der Waals surface area contributed by atoms with Crippen molar-refractivity contribution in [1.29, 1.82) is 5.26 Å². The minimum Gasteiger partial charge on any atom is -0.394 e. The highest BCUT2D eigenvalue weighted by Crippen LogP contribution is 1.98. The molecule has 0 saturated heterocycles. The first kappa shape index (κ1) is 8.86. The number of hydrogen-bond acceptors (Lipinski definition) is 4. The molecule has 0 aromatic carbocycles. The number of aliphatic hydroxyl groups is 2. The molecule has 0 amide bonds. The quantitative estimate of drug-likeness (QED) is 0.390. The van der Waals surface area contributed by atoms with Crippen LogP contribution >= 0.6 is 0 Å². The van der Waals surface area contributed by atoms with Gasteiger partial charge < -0.3 is 10.2 Å². The zero-order chi connectivity index (χ0) is 7.98. The van der Waals surface area contributed by atoms with Crippen LogP contribution in [0.25, 0.3) is 0 Å². The van der Waals surface area contributed by atoms with Crippen molar-refractivity contribution in [2.75, 3.05) is 6.61 Å². The van der Waals surface area contributed by atoms with Crippen LogP contribution in [0.3, 0.4) is 0 Å². The summed E-state index contributed by atoms with van der Waals surface area (Å²) in [5.74, 6) is 1.35. The molecule has 0 bridgehead atoms. The van der Waals surface area contributed by atoms with Crippen LogP contribution in [0, 0.1) is 11.3 Å². The lowest BCUT2D eigenvalue weighted by atomic mass is 10.1. The maximum absolute atomic E-state index is 9.81. The highest BCUT2D eigenvalue weighted by atomic mass is 16.3. The van der Waals surface area contributed by atoms with Crippen LogP contribution < -0.4 is 0 Å². The summed E-state index contributed by atoms with van der Waals surface area (Å²) >= 11 is 0. The summed E-state index contributed by atoms with van der Waals surface area (Å²) in [5, 5.41) is 25.1. The van der Waals surface area contributed by atoms with Crippen LogP contribution in [0.15, 0.2) is 5.57 Å². The molecule has 0 radical (unpaired) electrons. The van der Waals surface area contributed by atoms with Gasteiger partial charge in [0, 0.05) is 6.42 Å². The summed E-state index contributed by atoms with van der Waals surface area (Å²) in [7, 11) is 0. The van der Waals surface area contributed by atoms with Crippen LogP contribution in [0.5, 0.6) is 0 Å². The van der Waals surface area contributed by atoms with Crippen LogP contribution in [0.4, 0.5) is 0 Å². The molecule has 10 heavy (non-hydrogen) atoms. The third-order valence-electron chi connectivity index (χ3n) is 0.909. The Bertz CT molecular complexity index is 188. The average Bonchev–Trinajstić information content (AvgIpc) is 1.99. The van der Waals surface area contributed by atoms with Crippen molar-refractivity contribution in [1.82, 2.24) is 0 Å². The molecule has 0 fully saturated rings. The Morgan fingerprint density at radius 3 is 2.60 bits per heavy atom. The van der Waals surface area contributed by atoms with Gasteiger partial charge in [0.05, 0.1) is 12.7 Å². The number of nitriles is 1. The van der Waals surface area contributed by atoms with Crippen molar-refractivity contribution in [3.05, 3.63) is 5.57 Å². The highest BCUT2D eigenvalue weighted by Gasteiger charge is 2.05. The van der Waals surface area contributed by atoms with Gasteiger partial charge in [0.2, 0.25) is 0 Å². The van der Waals surface area contributed by atoms with E-state index < -0.39 is 12.7 Å². The van der Waals surface area contributed by atoms with Crippen molar-refractivity contribution in [2.24, 2.45) is 0 Å². The van der Waals surface area contributed by atoms with E-state index in [0.29, 0.717) is 0 Å². The molecule has 4 heteroatoms. The maximum Gasteiger partial charge on any atom is 0.139 e. The van der Waals surface area contributed by atoms with E-state index >= 15 is 0 Å². The van der Waals surface area contributed by atoms with Crippen LogP contribution in [0.2, 0.25) is 0 Å². The first-order valence-electron chi connectivity index (χ1n) is 2.67. The Labute approximate surface area is 58.0 Å². The summed E-state index contributed by atoms with van der Waals surface area (Å²) in [6.45, 7) is -0.452. The van der Waals surface area contributed by atoms with Crippen LogP contribution in [0.1, 0.15) is 6.42 Å². The van der Waals surface area contributed by atoms with Gasteiger partial charge in [-0.3, -0.25) is 0 Å². The number of carbonyl (C=O) groups excluding carboxylic acids is 1. The summed E-state index contributed by atoms with van der Waals surface area (Å²) in [5.41, 5.74) is -0.179. The molecule has 4 nitrogen and oxygen atoms in total. The normalized spacial score (nSPS) is 11.3. The number of aliphatic hydroxyl groups excluding tert-OH is 2. The van der Waals surface area contributed by atoms with Crippen molar-refractivity contribution < 1.29 is 15.0 Å². The molecule has 0 aromatic rings. The fraction of sp³-hybridized carbons (Fsp3) is 0.500. The Morgan fingerprint density at radius 1 is 1.70 bits per heavy atom. The number of hydrogen-bond donors (Lipinski definition) is 2. The number of rotatable bonds is 3. The molecule has 2 N–H and O–H groups in total. The Hall–Kier alpha value is -1.14. The largest absolute Gasteiger partial charge is 0.394 e. The molecule has 0 heterocycles.